The van der Waals surface area contributed by atoms with Crippen molar-refractivity contribution in [2.75, 3.05) is 39.1 Å². The molecule has 1 aromatic carbocycles. The lowest BCUT2D eigenvalue weighted by Gasteiger charge is -2.12. The zero-order chi connectivity index (χ0) is 16.7. The monoisotopic (exact) mass is 334 g/mol. The van der Waals surface area contributed by atoms with Crippen molar-refractivity contribution in [3.05, 3.63) is 40.3 Å². The molecule has 3 N–H and O–H groups in total. The lowest BCUT2D eigenvalue weighted by atomic mass is 10.3. The molecule has 23 heavy (non-hydrogen) atoms. The van der Waals surface area contributed by atoms with Crippen LogP contribution in [-0.2, 0) is 6.42 Å². The van der Waals surface area contributed by atoms with Crippen LogP contribution in [0.5, 0.6) is 5.75 Å². The number of hydrogen-bond donors (Lipinski definition) is 2. The average molecular weight is 334 g/mol. The van der Waals surface area contributed by atoms with Gasteiger partial charge in [0, 0.05) is 30.1 Å². The van der Waals surface area contributed by atoms with Crippen LogP contribution in [-0.4, -0.2) is 49.6 Å². The molecule has 0 spiro atoms. The fraction of sp³-hybridized carbons (Fsp3) is 0.375. The molecule has 1 aromatic heterocycles. The van der Waals surface area contributed by atoms with Crippen molar-refractivity contribution in [1.82, 2.24) is 9.88 Å². The van der Waals surface area contributed by atoms with Crippen LogP contribution >= 0.6 is 11.3 Å². The maximum absolute atomic E-state index is 12.2. The number of anilines is 1. The molecule has 1 amide bonds. The summed E-state index contributed by atoms with van der Waals surface area (Å²) in [6.45, 7) is 1.96. The van der Waals surface area contributed by atoms with Gasteiger partial charge in [-0.05, 0) is 32.8 Å². The number of carbonyl (C=O) groups excluding carboxylic acids is 1. The van der Waals surface area contributed by atoms with Crippen molar-refractivity contribution in [1.29, 1.82) is 0 Å². The Hall–Kier alpha value is -1.96. The zero-order valence-corrected chi connectivity index (χ0v) is 14.2. The van der Waals surface area contributed by atoms with Gasteiger partial charge in [-0.2, -0.15) is 0 Å². The van der Waals surface area contributed by atoms with Crippen molar-refractivity contribution in [3.8, 4) is 5.75 Å². The van der Waals surface area contributed by atoms with Crippen LogP contribution < -0.4 is 15.8 Å². The zero-order valence-electron chi connectivity index (χ0n) is 13.4. The molecule has 0 fully saturated rings. The third-order valence-corrected chi connectivity index (χ3v) is 3.95. The Morgan fingerprint density at radius 1 is 1.43 bits per heavy atom. The van der Waals surface area contributed by atoms with Crippen molar-refractivity contribution in [3.63, 3.8) is 0 Å². The van der Waals surface area contributed by atoms with Gasteiger partial charge in [-0.1, -0.05) is 6.07 Å². The van der Waals surface area contributed by atoms with Gasteiger partial charge in [0.1, 0.15) is 18.1 Å². The first kappa shape index (κ1) is 17.4. The molecule has 0 radical (unpaired) electrons. The quantitative estimate of drug-likeness (QED) is 0.770. The Bertz CT molecular complexity index is 643. The van der Waals surface area contributed by atoms with E-state index < -0.39 is 0 Å². The Balaban J connectivity index is 1.94. The number of hydrogen-bond acceptors (Lipinski definition) is 6. The summed E-state index contributed by atoms with van der Waals surface area (Å²) in [7, 11) is 3.99. The van der Waals surface area contributed by atoms with Gasteiger partial charge in [-0.15, -0.1) is 11.3 Å². The molecule has 2 rings (SSSR count). The summed E-state index contributed by atoms with van der Waals surface area (Å²) >= 11 is 1.45. The highest BCUT2D eigenvalue weighted by Crippen LogP contribution is 2.18. The van der Waals surface area contributed by atoms with E-state index in [0.29, 0.717) is 31.0 Å². The van der Waals surface area contributed by atoms with E-state index >= 15 is 0 Å². The summed E-state index contributed by atoms with van der Waals surface area (Å²) in [6, 6.07) is 7.35. The van der Waals surface area contributed by atoms with Gasteiger partial charge in [0.05, 0.1) is 5.01 Å². The topological polar surface area (TPSA) is 80.5 Å². The van der Waals surface area contributed by atoms with E-state index in [1.54, 1.807) is 11.4 Å². The number of amides is 1. The van der Waals surface area contributed by atoms with E-state index in [-0.39, 0.29) is 5.91 Å². The number of ether oxygens (including phenoxy) is 1. The van der Waals surface area contributed by atoms with Crippen LogP contribution in [0.1, 0.15) is 15.5 Å². The van der Waals surface area contributed by atoms with Crippen LogP contribution in [0.2, 0.25) is 0 Å². The summed E-state index contributed by atoms with van der Waals surface area (Å²) in [5.74, 6) is 0.502. The fourth-order valence-electron chi connectivity index (χ4n) is 1.86. The van der Waals surface area contributed by atoms with Crippen LogP contribution in [0, 0.1) is 0 Å². The van der Waals surface area contributed by atoms with E-state index in [1.165, 1.54) is 11.3 Å². The van der Waals surface area contributed by atoms with Crippen LogP contribution in [0.3, 0.4) is 0 Å². The van der Waals surface area contributed by atoms with Crippen LogP contribution in [0.4, 0.5) is 5.69 Å². The molecule has 124 valence electrons. The van der Waals surface area contributed by atoms with Gasteiger partial charge in [0.15, 0.2) is 0 Å². The average Bonchev–Trinajstić information content (AvgIpc) is 2.96. The highest BCUT2D eigenvalue weighted by Gasteiger charge is 2.11. The maximum atomic E-state index is 12.2. The second-order valence-electron chi connectivity index (χ2n) is 5.30. The molecule has 0 saturated heterocycles. The highest BCUT2D eigenvalue weighted by molar-refractivity contribution is 7.09. The Kier molecular flexibility index (Phi) is 6.52. The first-order valence-electron chi connectivity index (χ1n) is 7.42. The molecule has 7 heteroatoms. The predicted octanol–water partition coefficient (Wildman–Crippen LogP) is 1.84. The minimum absolute atomic E-state index is 0.227. The summed E-state index contributed by atoms with van der Waals surface area (Å²) in [5, 5.41) is 5.46. The van der Waals surface area contributed by atoms with Crippen LogP contribution in [0.15, 0.2) is 29.6 Å². The lowest BCUT2D eigenvalue weighted by Crippen LogP contribution is -2.19. The molecule has 1 heterocycles. The van der Waals surface area contributed by atoms with Crippen molar-refractivity contribution >= 4 is 22.9 Å². The van der Waals surface area contributed by atoms with Gasteiger partial charge < -0.3 is 20.7 Å². The number of nitrogens with zero attached hydrogens (tertiary/aromatic N) is 2. The molecular weight excluding hydrogens is 312 g/mol. The Morgan fingerprint density at radius 3 is 3.00 bits per heavy atom. The van der Waals surface area contributed by atoms with Crippen molar-refractivity contribution in [2.24, 2.45) is 5.73 Å². The second kappa shape index (κ2) is 8.61. The first-order valence-corrected chi connectivity index (χ1v) is 8.30. The summed E-state index contributed by atoms with van der Waals surface area (Å²) in [5.41, 5.74) is 6.59. The Morgan fingerprint density at radius 2 is 2.26 bits per heavy atom. The Labute approximate surface area is 140 Å². The molecule has 0 atom stereocenters. The van der Waals surface area contributed by atoms with Crippen molar-refractivity contribution in [2.45, 2.75) is 6.42 Å². The lowest BCUT2D eigenvalue weighted by molar-refractivity contribution is 0.102. The van der Waals surface area contributed by atoms with E-state index in [1.807, 2.05) is 37.2 Å². The summed E-state index contributed by atoms with van der Waals surface area (Å²) < 4.78 is 5.66. The molecule has 6 nitrogen and oxygen atoms in total. The summed E-state index contributed by atoms with van der Waals surface area (Å²) in [6.07, 6.45) is 0.688. The minimum Gasteiger partial charge on any atom is -0.492 e. The summed E-state index contributed by atoms with van der Waals surface area (Å²) in [4.78, 5) is 18.5. The number of thiazole rings is 1. The van der Waals surface area contributed by atoms with E-state index in [2.05, 4.69) is 10.3 Å². The number of likely N-dealkylation sites (N-methyl/N-ethyl adjacent to an activating group) is 1. The van der Waals surface area contributed by atoms with E-state index in [9.17, 15) is 4.79 Å². The number of nitrogens with one attached hydrogen (secondary N) is 1. The number of aromatic nitrogens is 1. The fourth-order valence-corrected chi connectivity index (χ4v) is 2.65. The van der Waals surface area contributed by atoms with Gasteiger partial charge in [-0.3, -0.25) is 4.79 Å². The number of nitrogens with two attached hydrogens (primary N) is 1. The standard InChI is InChI=1S/C16H22N4O2S/c1-20(2)8-9-22-13-5-3-4-12(10-13)18-16(21)14-11-23-15(19-14)6-7-17/h3-5,10-11H,6-9,17H2,1-2H3,(H,18,21). The number of benzene rings is 1. The molecule has 0 saturated carbocycles. The highest BCUT2D eigenvalue weighted by atomic mass is 32.1. The molecule has 0 aliphatic carbocycles. The minimum atomic E-state index is -0.227. The van der Waals surface area contributed by atoms with E-state index in [4.69, 9.17) is 10.5 Å². The number of rotatable bonds is 8. The van der Waals surface area contributed by atoms with Gasteiger partial charge in [-0.25, -0.2) is 4.98 Å². The predicted molar refractivity (Wildman–Crippen MR) is 93.3 cm³/mol. The third kappa shape index (κ3) is 5.63. The number of carbonyl (C=O) groups is 1. The molecule has 0 aliphatic heterocycles. The van der Waals surface area contributed by atoms with Gasteiger partial charge in [0.25, 0.3) is 5.91 Å². The molecule has 0 bridgehead atoms. The SMILES string of the molecule is CN(C)CCOc1cccc(NC(=O)c2csc(CCN)n2)c1. The maximum Gasteiger partial charge on any atom is 0.275 e. The van der Waals surface area contributed by atoms with Gasteiger partial charge >= 0.3 is 0 Å². The van der Waals surface area contributed by atoms with Gasteiger partial charge in [0.2, 0.25) is 0 Å². The first-order chi connectivity index (χ1) is 11.1. The second-order valence-corrected chi connectivity index (χ2v) is 6.24. The third-order valence-electron chi connectivity index (χ3n) is 3.04. The van der Waals surface area contributed by atoms with Crippen LogP contribution in [0.25, 0.3) is 0 Å². The molecule has 2 aromatic rings. The van der Waals surface area contributed by atoms with Crippen molar-refractivity contribution < 1.29 is 9.53 Å². The largest absolute Gasteiger partial charge is 0.492 e. The normalized spacial score (nSPS) is 10.8. The smallest absolute Gasteiger partial charge is 0.275 e. The van der Waals surface area contributed by atoms with E-state index in [0.717, 1.165) is 17.3 Å². The molecule has 0 unspecified atom stereocenters. The molecule has 0 aliphatic rings. The molecular formula is C16H22N4O2S.